The number of thioether (sulfide) groups is 2. The molecule has 6 aromatic rings. The number of benzene rings is 4. The van der Waals surface area contributed by atoms with E-state index >= 15 is 0 Å². The van der Waals surface area contributed by atoms with E-state index < -0.39 is 11.0 Å². The lowest BCUT2D eigenvalue weighted by molar-refractivity contribution is 0.242. The van der Waals surface area contributed by atoms with Crippen LogP contribution in [-0.2, 0) is 24.7 Å². The molecule has 2 N–H and O–H groups in total. The molecule has 2 heterocycles. The van der Waals surface area contributed by atoms with Gasteiger partial charge in [0.2, 0.25) is 5.43 Å². The first-order chi connectivity index (χ1) is 25.3. The minimum absolute atomic E-state index is 0.328. The highest BCUT2D eigenvalue weighted by molar-refractivity contribution is 7.98. The summed E-state index contributed by atoms with van der Waals surface area (Å²) in [6.45, 7) is 0.685. The fourth-order valence-corrected chi connectivity index (χ4v) is 6.21. The van der Waals surface area contributed by atoms with Crippen LogP contribution in [0.15, 0.2) is 129 Å². The van der Waals surface area contributed by atoms with Crippen LogP contribution in [0, 0.1) is 0 Å². The van der Waals surface area contributed by atoms with Gasteiger partial charge in [0.1, 0.15) is 29.7 Å². The summed E-state index contributed by atoms with van der Waals surface area (Å²) in [6.07, 6.45) is 0. The zero-order valence-corrected chi connectivity index (χ0v) is 31.3. The molecular weight excluding hydrogens is 743 g/mol. The Bertz CT molecular complexity index is 2130. The van der Waals surface area contributed by atoms with Crippen LogP contribution in [0.5, 0.6) is 23.1 Å². The summed E-state index contributed by atoms with van der Waals surface area (Å²) in [5.41, 5.74) is 3.03. The van der Waals surface area contributed by atoms with Crippen LogP contribution in [0.2, 0.25) is 10.0 Å². The number of nitrogens with zero attached hydrogens (tertiary/aromatic N) is 2. The van der Waals surface area contributed by atoms with Crippen LogP contribution in [0.25, 0.3) is 0 Å². The minimum atomic E-state index is -0.638. The number of H-pyrrole nitrogens is 2. The van der Waals surface area contributed by atoms with Gasteiger partial charge >= 0.3 is 5.56 Å². The topological polar surface area (TPSA) is 128 Å². The Morgan fingerprint density at radius 2 is 1.10 bits per heavy atom. The molecule has 0 spiro atoms. The van der Waals surface area contributed by atoms with Crippen molar-refractivity contribution in [2.24, 2.45) is 0 Å². The van der Waals surface area contributed by atoms with Crippen molar-refractivity contribution >= 4 is 46.7 Å². The third-order valence-electron chi connectivity index (χ3n) is 7.19. The molecule has 6 rings (SSSR count). The summed E-state index contributed by atoms with van der Waals surface area (Å²) >= 11 is 14.8. The predicted molar refractivity (Wildman–Crippen MR) is 206 cm³/mol. The molecule has 0 fully saturated rings. The fourth-order valence-electron chi connectivity index (χ4n) is 4.33. The second kappa shape index (κ2) is 19.7. The lowest BCUT2D eigenvalue weighted by Gasteiger charge is -2.13. The van der Waals surface area contributed by atoms with Gasteiger partial charge < -0.3 is 18.9 Å². The number of aromatic nitrogens is 4. The van der Waals surface area contributed by atoms with E-state index in [2.05, 4.69) is 20.4 Å². The lowest BCUT2D eigenvalue weighted by Crippen LogP contribution is -2.26. The fraction of sp³-hybridized carbons (Fsp3) is 0.158. The van der Waals surface area contributed by atoms with Gasteiger partial charge in [0.05, 0.1) is 19.2 Å². The number of hydrogen-bond acceptors (Lipinski definition) is 10. The Kier molecular flexibility index (Phi) is 14.5. The molecule has 0 atom stereocenters. The van der Waals surface area contributed by atoms with Gasteiger partial charge in [-0.05, 0) is 70.8 Å². The average molecular weight is 778 g/mol. The highest BCUT2D eigenvalue weighted by atomic mass is 35.5. The van der Waals surface area contributed by atoms with Crippen molar-refractivity contribution in [2.75, 3.05) is 14.2 Å². The molecule has 0 saturated carbocycles. The summed E-state index contributed by atoms with van der Waals surface area (Å²) < 4.78 is 22.5. The number of halogens is 2. The molecule has 0 aliphatic carbocycles. The van der Waals surface area contributed by atoms with E-state index in [1.54, 1.807) is 26.0 Å². The Balaban J connectivity index is 0.000000257. The Labute approximate surface area is 318 Å². The molecule has 2 aromatic heterocycles. The van der Waals surface area contributed by atoms with Crippen molar-refractivity contribution in [3.05, 3.63) is 162 Å². The summed E-state index contributed by atoms with van der Waals surface area (Å²) in [7, 11) is 3.28. The van der Waals surface area contributed by atoms with Gasteiger partial charge in [0, 0.05) is 33.7 Å². The largest absolute Gasteiger partial charge is 0.497 e. The summed E-state index contributed by atoms with van der Waals surface area (Å²) in [4.78, 5) is 22.0. The number of rotatable bonds is 14. The van der Waals surface area contributed by atoms with E-state index in [0.717, 1.165) is 44.5 Å². The van der Waals surface area contributed by atoms with E-state index in [0.29, 0.717) is 45.7 Å². The molecule has 0 amide bonds. The van der Waals surface area contributed by atoms with Gasteiger partial charge in [0.15, 0.2) is 5.75 Å². The van der Waals surface area contributed by atoms with Crippen LogP contribution in [0.1, 0.15) is 22.3 Å². The minimum Gasteiger partial charge on any atom is -0.497 e. The van der Waals surface area contributed by atoms with Crippen LogP contribution >= 0.6 is 46.7 Å². The van der Waals surface area contributed by atoms with Gasteiger partial charge in [-0.1, -0.05) is 83.5 Å². The van der Waals surface area contributed by atoms with Crippen molar-refractivity contribution in [1.29, 1.82) is 0 Å². The Hall–Kier alpha value is -4.88. The van der Waals surface area contributed by atoms with Crippen molar-refractivity contribution in [1.82, 2.24) is 20.4 Å². The first-order valence-electron chi connectivity index (χ1n) is 15.7. The van der Waals surface area contributed by atoms with Gasteiger partial charge in [-0.25, -0.2) is 0 Å². The first-order valence-corrected chi connectivity index (χ1v) is 18.5. The molecule has 52 heavy (non-hydrogen) atoms. The predicted octanol–water partition coefficient (Wildman–Crippen LogP) is 8.61. The van der Waals surface area contributed by atoms with Crippen LogP contribution in [0.4, 0.5) is 0 Å². The Morgan fingerprint density at radius 1 is 0.596 bits per heavy atom. The molecule has 0 aliphatic heterocycles. The van der Waals surface area contributed by atoms with Crippen molar-refractivity contribution in [3.8, 4) is 23.1 Å². The molecule has 10 nitrogen and oxygen atoms in total. The van der Waals surface area contributed by atoms with Crippen LogP contribution in [-0.4, -0.2) is 34.6 Å². The average Bonchev–Trinajstić information content (AvgIpc) is 3.18. The normalized spacial score (nSPS) is 10.5. The van der Waals surface area contributed by atoms with Crippen LogP contribution in [0.3, 0.4) is 0 Å². The molecule has 0 saturated heterocycles. The van der Waals surface area contributed by atoms with Gasteiger partial charge in [0.25, 0.3) is 5.88 Å². The van der Waals surface area contributed by atoms with E-state index in [1.165, 1.54) is 17.8 Å². The quantitative estimate of drug-likeness (QED) is 0.0820. The molecule has 268 valence electrons. The van der Waals surface area contributed by atoms with E-state index in [-0.39, 0.29) is 0 Å². The van der Waals surface area contributed by atoms with Gasteiger partial charge in [-0.2, -0.15) is 0 Å². The van der Waals surface area contributed by atoms with Crippen molar-refractivity contribution in [3.63, 3.8) is 0 Å². The maximum absolute atomic E-state index is 11.1. The lowest BCUT2D eigenvalue weighted by atomic mass is 10.2. The number of methoxy groups -OCH3 is 2. The van der Waals surface area contributed by atoms with Crippen LogP contribution < -0.4 is 29.9 Å². The number of aromatic amines is 2. The second-order valence-electron chi connectivity index (χ2n) is 10.9. The molecule has 14 heteroatoms. The molecule has 0 unspecified atom stereocenters. The molecule has 0 aliphatic rings. The SMILES string of the molecule is COc1ccc(COc2cc(SCc3ccc(Cl)cc3)nnc2OCc2ccc(OC)cc2)cc1.O=c1cc(SCc2ccc(Cl)cc2)[nH][nH]c1=O. The van der Waals surface area contributed by atoms with Gasteiger partial charge in [-0.3, -0.25) is 19.8 Å². The number of ether oxygens (including phenoxy) is 4. The summed E-state index contributed by atoms with van der Waals surface area (Å²) in [5.74, 6) is 3.88. The third kappa shape index (κ3) is 12.1. The summed E-state index contributed by atoms with van der Waals surface area (Å²) in [5, 5.41) is 16.4. The third-order valence-corrected chi connectivity index (χ3v) is 9.67. The summed E-state index contributed by atoms with van der Waals surface area (Å²) in [6, 6.07) is 33.7. The zero-order chi connectivity index (χ0) is 36.7. The Morgan fingerprint density at radius 3 is 1.62 bits per heavy atom. The smallest absolute Gasteiger partial charge is 0.310 e. The monoisotopic (exact) mass is 776 g/mol. The van der Waals surface area contributed by atoms with E-state index in [9.17, 15) is 9.59 Å². The van der Waals surface area contributed by atoms with Gasteiger partial charge in [-0.15, -0.1) is 22.0 Å². The second-order valence-corrected chi connectivity index (χ2v) is 13.8. The molecule has 4 aromatic carbocycles. The maximum atomic E-state index is 11.1. The van der Waals surface area contributed by atoms with Crippen molar-refractivity contribution < 1.29 is 18.9 Å². The molecule has 0 bridgehead atoms. The van der Waals surface area contributed by atoms with Crippen molar-refractivity contribution in [2.45, 2.75) is 34.8 Å². The maximum Gasteiger partial charge on any atom is 0.310 e. The highest BCUT2D eigenvalue weighted by Gasteiger charge is 2.13. The molecule has 0 radical (unpaired) electrons. The first kappa shape index (κ1) is 38.4. The molecular formula is C38H34Cl2N4O6S2. The van der Waals surface area contributed by atoms with E-state index in [1.807, 2.05) is 103 Å². The number of hydrogen-bond donors (Lipinski definition) is 2. The number of nitrogens with one attached hydrogen (secondary N) is 2. The standard InChI is InChI=1S/C27H25ClN2O4S.C11H9ClN2O2S/c1-31-23-11-5-19(6-12-23)16-33-25-15-26(35-18-21-3-9-22(28)10-4-21)29-30-27(25)34-17-20-7-13-24(32-2)14-8-20;12-8-3-1-7(2-4-8)6-17-10-5-9(15)11(16)14-13-10/h3-15H,16-18H2,1-2H3;1-5H,6H2,(H,13,15)(H,14,16). The van der Waals surface area contributed by atoms with E-state index in [4.69, 9.17) is 42.1 Å². The highest BCUT2D eigenvalue weighted by Crippen LogP contribution is 2.31. The zero-order valence-electron chi connectivity index (χ0n) is 28.1.